The number of rotatable bonds is 1. The maximum Gasteiger partial charge on any atom is 0.352 e. The van der Waals surface area contributed by atoms with Crippen molar-refractivity contribution in [3.63, 3.8) is 0 Å². The molecule has 2 aromatic rings. The zero-order valence-electron chi connectivity index (χ0n) is 6.91. The van der Waals surface area contributed by atoms with Gasteiger partial charge in [-0.25, -0.2) is 4.79 Å². The molecule has 0 spiro atoms. The molecule has 0 fully saturated rings. The maximum atomic E-state index is 10.6. The lowest BCUT2D eigenvalue weighted by Gasteiger charge is -1.95. The third-order valence-electron chi connectivity index (χ3n) is 1.91. The average Bonchev–Trinajstić information content (AvgIpc) is 2.47. The van der Waals surface area contributed by atoms with Crippen molar-refractivity contribution in [3.05, 3.63) is 28.4 Å². The predicted octanol–water partition coefficient (Wildman–Crippen LogP) is 2.33. The number of H-pyrrole nitrogens is 1. The van der Waals surface area contributed by atoms with E-state index in [1.165, 1.54) is 12.1 Å². The summed E-state index contributed by atoms with van der Waals surface area (Å²) >= 11 is 3.20. The number of hydrogen-bond acceptors (Lipinski definition) is 2. The molecule has 0 aliphatic rings. The van der Waals surface area contributed by atoms with Gasteiger partial charge in [0.25, 0.3) is 0 Å². The van der Waals surface area contributed by atoms with Crippen molar-refractivity contribution in [2.24, 2.45) is 0 Å². The molecule has 5 heteroatoms. The maximum absolute atomic E-state index is 10.6. The van der Waals surface area contributed by atoms with Crippen LogP contribution in [0.1, 0.15) is 10.5 Å². The Morgan fingerprint density at radius 2 is 2.07 bits per heavy atom. The summed E-state index contributed by atoms with van der Waals surface area (Å²) in [6.07, 6.45) is 0. The average molecular weight is 256 g/mol. The molecule has 0 unspecified atom stereocenters. The highest BCUT2D eigenvalue weighted by atomic mass is 79.9. The van der Waals surface area contributed by atoms with E-state index in [9.17, 15) is 9.90 Å². The number of carboxylic acid groups (broad SMARTS) is 1. The first kappa shape index (κ1) is 9.08. The van der Waals surface area contributed by atoms with Gasteiger partial charge in [-0.3, -0.25) is 0 Å². The third kappa shape index (κ3) is 1.35. The number of aromatic hydroxyl groups is 1. The van der Waals surface area contributed by atoms with E-state index in [-0.39, 0.29) is 11.4 Å². The van der Waals surface area contributed by atoms with Crippen LogP contribution in [0.5, 0.6) is 5.75 Å². The number of phenols is 1. The van der Waals surface area contributed by atoms with E-state index in [0.717, 1.165) is 0 Å². The Labute approximate surface area is 87.3 Å². The normalized spacial score (nSPS) is 10.6. The van der Waals surface area contributed by atoms with Crippen LogP contribution in [0.25, 0.3) is 10.9 Å². The zero-order valence-corrected chi connectivity index (χ0v) is 8.50. The lowest BCUT2D eigenvalue weighted by atomic mass is 10.2. The second-order valence-corrected chi connectivity index (χ2v) is 3.79. The van der Waals surface area contributed by atoms with Crippen LogP contribution in [0.15, 0.2) is 22.7 Å². The summed E-state index contributed by atoms with van der Waals surface area (Å²) in [5.41, 5.74) is 0.655. The molecule has 0 saturated heterocycles. The first-order chi connectivity index (χ1) is 6.58. The highest BCUT2D eigenvalue weighted by Gasteiger charge is 2.10. The largest absolute Gasteiger partial charge is 0.507 e. The Kier molecular flexibility index (Phi) is 1.96. The molecular weight excluding hydrogens is 250 g/mol. The van der Waals surface area contributed by atoms with E-state index in [4.69, 9.17) is 5.11 Å². The fourth-order valence-corrected chi connectivity index (χ4v) is 1.75. The summed E-state index contributed by atoms with van der Waals surface area (Å²) in [7, 11) is 0. The molecule has 0 aliphatic heterocycles. The van der Waals surface area contributed by atoms with E-state index in [0.29, 0.717) is 15.4 Å². The van der Waals surface area contributed by atoms with E-state index >= 15 is 0 Å². The highest BCUT2D eigenvalue weighted by Crippen LogP contribution is 2.29. The number of hydrogen-bond donors (Lipinski definition) is 3. The van der Waals surface area contributed by atoms with Crippen LogP contribution in [0.4, 0.5) is 0 Å². The molecule has 14 heavy (non-hydrogen) atoms. The number of carboxylic acids is 1. The smallest absolute Gasteiger partial charge is 0.352 e. The van der Waals surface area contributed by atoms with Crippen LogP contribution >= 0.6 is 15.9 Å². The molecule has 0 amide bonds. The van der Waals surface area contributed by atoms with E-state index in [2.05, 4.69) is 20.9 Å². The van der Waals surface area contributed by atoms with E-state index < -0.39 is 5.97 Å². The second kappa shape index (κ2) is 3.02. The van der Waals surface area contributed by atoms with Crippen LogP contribution in [-0.4, -0.2) is 21.2 Å². The molecule has 72 valence electrons. The first-order valence-corrected chi connectivity index (χ1v) is 4.62. The van der Waals surface area contributed by atoms with Gasteiger partial charge >= 0.3 is 5.97 Å². The van der Waals surface area contributed by atoms with Crippen molar-refractivity contribution in [1.29, 1.82) is 0 Å². The van der Waals surface area contributed by atoms with Gasteiger partial charge in [0.15, 0.2) is 0 Å². The Morgan fingerprint density at radius 1 is 1.36 bits per heavy atom. The number of phenolic OH excluding ortho intramolecular Hbond substituents is 1. The predicted molar refractivity (Wildman–Crippen MR) is 54.6 cm³/mol. The van der Waals surface area contributed by atoms with E-state index in [1.807, 2.05) is 0 Å². The van der Waals surface area contributed by atoms with Crippen LogP contribution in [0, 0.1) is 0 Å². The summed E-state index contributed by atoms with van der Waals surface area (Å²) in [5.74, 6) is -0.991. The van der Waals surface area contributed by atoms with Crippen molar-refractivity contribution in [2.75, 3.05) is 0 Å². The molecule has 4 nitrogen and oxygen atoms in total. The number of nitrogens with one attached hydrogen (secondary N) is 1. The first-order valence-electron chi connectivity index (χ1n) is 3.82. The van der Waals surface area contributed by atoms with Gasteiger partial charge in [0, 0.05) is 9.86 Å². The lowest BCUT2D eigenvalue weighted by Crippen LogP contribution is -1.94. The Morgan fingerprint density at radius 3 is 2.71 bits per heavy atom. The summed E-state index contributed by atoms with van der Waals surface area (Å²) in [6, 6.07) is 4.63. The Balaban J connectivity index is 2.76. The quantitative estimate of drug-likeness (QED) is 0.733. The third-order valence-corrected chi connectivity index (χ3v) is 2.37. The molecular formula is C9H6BrNO3. The van der Waals surface area contributed by atoms with Crippen LogP contribution in [0.3, 0.4) is 0 Å². The molecule has 0 radical (unpaired) electrons. The molecule has 0 saturated carbocycles. The lowest BCUT2D eigenvalue weighted by molar-refractivity contribution is 0.0691. The number of halogens is 1. The number of fused-ring (bicyclic) bond motifs is 1. The van der Waals surface area contributed by atoms with Gasteiger partial charge < -0.3 is 15.2 Å². The van der Waals surface area contributed by atoms with Crippen LogP contribution < -0.4 is 0 Å². The molecule has 0 atom stereocenters. The van der Waals surface area contributed by atoms with Crippen molar-refractivity contribution < 1.29 is 15.0 Å². The minimum absolute atomic E-state index is 0.0538. The number of carbonyl (C=O) groups is 1. The highest BCUT2D eigenvalue weighted by molar-refractivity contribution is 9.10. The molecule has 2 rings (SSSR count). The Hall–Kier alpha value is -1.49. The van der Waals surface area contributed by atoms with Crippen molar-refractivity contribution in [1.82, 2.24) is 4.98 Å². The van der Waals surface area contributed by atoms with Gasteiger partial charge in [-0.2, -0.15) is 0 Å². The summed E-state index contributed by atoms with van der Waals surface area (Å²) in [6.45, 7) is 0. The number of aromatic nitrogens is 1. The van der Waals surface area contributed by atoms with Crippen molar-refractivity contribution in [3.8, 4) is 5.75 Å². The van der Waals surface area contributed by atoms with Gasteiger partial charge in [-0.1, -0.05) is 15.9 Å². The van der Waals surface area contributed by atoms with Gasteiger partial charge in [-0.15, -0.1) is 0 Å². The van der Waals surface area contributed by atoms with E-state index in [1.54, 1.807) is 6.07 Å². The summed E-state index contributed by atoms with van der Waals surface area (Å²) in [4.78, 5) is 13.3. The SMILES string of the molecule is O=C(O)c1cc2c(O)cc(Br)cc2[nH]1. The molecule has 1 aromatic heterocycles. The van der Waals surface area contributed by atoms with Crippen molar-refractivity contribution in [2.45, 2.75) is 0 Å². The van der Waals surface area contributed by atoms with Gasteiger partial charge in [0.05, 0.1) is 5.52 Å². The molecule has 0 aliphatic carbocycles. The number of aromatic carboxylic acids is 1. The monoisotopic (exact) mass is 255 g/mol. The second-order valence-electron chi connectivity index (χ2n) is 2.87. The fraction of sp³-hybridized carbons (Fsp3) is 0. The zero-order chi connectivity index (χ0) is 10.3. The molecule has 1 aromatic carbocycles. The summed E-state index contributed by atoms with van der Waals surface area (Å²) in [5, 5.41) is 18.7. The van der Waals surface area contributed by atoms with Gasteiger partial charge in [0.2, 0.25) is 0 Å². The number of aromatic amines is 1. The fourth-order valence-electron chi connectivity index (χ4n) is 1.30. The Bertz CT molecular complexity index is 518. The topological polar surface area (TPSA) is 73.3 Å². The molecule has 3 N–H and O–H groups in total. The number of benzene rings is 1. The minimum atomic E-state index is -1.04. The summed E-state index contributed by atoms with van der Waals surface area (Å²) < 4.78 is 0.696. The molecule has 0 bridgehead atoms. The van der Waals surface area contributed by atoms with Gasteiger partial charge in [-0.05, 0) is 18.2 Å². The van der Waals surface area contributed by atoms with Crippen molar-refractivity contribution >= 4 is 32.8 Å². The minimum Gasteiger partial charge on any atom is -0.507 e. The standard InChI is InChI=1S/C9H6BrNO3/c10-4-1-6-5(8(12)2-4)3-7(11-6)9(13)14/h1-3,11-12H,(H,13,14). The van der Waals surface area contributed by atoms with Gasteiger partial charge in [0.1, 0.15) is 11.4 Å². The van der Waals surface area contributed by atoms with Crippen LogP contribution in [-0.2, 0) is 0 Å². The van der Waals surface area contributed by atoms with Crippen LogP contribution in [0.2, 0.25) is 0 Å². The molecule has 1 heterocycles.